The van der Waals surface area contributed by atoms with E-state index in [0.717, 1.165) is 135 Å². The minimum absolute atomic E-state index is 0.0140. The Balaban J connectivity index is 5.65. The molecular formula is C95H146O17P2. The van der Waals surface area contributed by atoms with Gasteiger partial charge in [0.05, 0.1) is 26.4 Å². The maximum atomic E-state index is 13.1. The maximum absolute atomic E-state index is 13.1. The van der Waals surface area contributed by atoms with Gasteiger partial charge in [0.2, 0.25) is 0 Å². The fraction of sp³-hybridized carbons (Fsp3) is 0.537. The lowest BCUT2D eigenvalue weighted by Crippen LogP contribution is -2.30. The molecule has 0 saturated heterocycles. The number of esters is 4. The minimum atomic E-state index is -5.04. The highest BCUT2D eigenvalue weighted by atomic mass is 31.2. The molecule has 0 bridgehead atoms. The number of hydrogen-bond donors (Lipinski definition) is 3. The quantitative estimate of drug-likeness (QED) is 0.0169. The molecule has 0 spiro atoms. The summed E-state index contributed by atoms with van der Waals surface area (Å²) in [6.45, 7) is 4.28. The fourth-order valence-corrected chi connectivity index (χ4v) is 11.5. The first-order chi connectivity index (χ1) is 55.7. The number of aliphatic hydroxyl groups is 1. The second-order valence-corrected chi connectivity index (χ2v) is 29.8. The molecule has 0 saturated carbocycles. The molecule has 0 aliphatic heterocycles. The third kappa shape index (κ3) is 82.8. The van der Waals surface area contributed by atoms with Crippen LogP contribution in [0, 0.1) is 0 Å². The molecule has 0 fully saturated rings. The molecule has 638 valence electrons. The Labute approximate surface area is 688 Å². The predicted octanol–water partition coefficient (Wildman–Crippen LogP) is 25.6. The Hall–Kier alpha value is -7.14. The van der Waals surface area contributed by atoms with Crippen molar-refractivity contribution in [2.75, 3.05) is 39.6 Å². The Kier molecular flexibility index (Phi) is 78.5. The Bertz CT molecular complexity index is 3120. The van der Waals surface area contributed by atoms with Gasteiger partial charge >= 0.3 is 39.5 Å². The number of unbranched alkanes of at least 4 members (excludes halogenated alkanes) is 10. The highest BCUT2D eigenvalue weighted by molar-refractivity contribution is 7.47. The van der Waals surface area contributed by atoms with Gasteiger partial charge in [0.25, 0.3) is 0 Å². The highest BCUT2D eigenvalue weighted by Gasteiger charge is 2.30. The van der Waals surface area contributed by atoms with Gasteiger partial charge in [0.1, 0.15) is 19.3 Å². The Morgan fingerprint density at radius 2 is 0.482 bits per heavy atom. The van der Waals surface area contributed by atoms with Crippen LogP contribution in [0.5, 0.6) is 0 Å². The lowest BCUT2D eigenvalue weighted by Gasteiger charge is -2.21. The SMILES string of the molecule is CC/C=C\C/C=C\C/C=C\C/C=C\C/C=C\C/C=C\CCC(=O)OC[C@H](COP(=O)(O)OC[C@@H](O)COP(=O)(O)OC[C@@H](COC(=O)CCC/C=C\C/C=C\C/C=C\C/C=C\CCCCC)OC(=O)CC/C=C\C/C=C\C/C=C\C/C=C\C/C=C\CCCCC)OC(=O)CCCCC/C=C\C/C=C\C/C=C\C/C=C\C/C=C\CC. The molecule has 0 rings (SSSR count). The van der Waals surface area contributed by atoms with Crippen molar-refractivity contribution >= 4 is 39.5 Å². The molecule has 0 amide bonds. The third-order valence-corrected chi connectivity index (χ3v) is 18.2. The molecule has 0 heterocycles. The van der Waals surface area contributed by atoms with Crippen LogP contribution in [0.2, 0.25) is 0 Å². The molecule has 0 aliphatic rings. The van der Waals surface area contributed by atoms with Crippen LogP contribution in [0.3, 0.4) is 0 Å². The number of carbonyl (C=O) groups is 4. The Morgan fingerprint density at radius 3 is 0.781 bits per heavy atom. The van der Waals surface area contributed by atoms with Gasteiger partial charge < -0.3 is 33.8 Å². The molecule has 0 aliphatic carbocycles. The molecule has 19 heteroatoms. The number of aliphatic hydroxyl groups excluding tert-OH is 1. The Morgan fingerprint density at radius 1 is 0.254 bits per heavy atom. The van der Waals surface area contributed by atoms with E-state index in [1.54, 1.807) is 0 Å². The summed E-state index contributed by atoms with van der Waals surface area (Å²) in [5.74, 6) is -2.51. The summed E-state index contributed by atoms with van der Waals surface area (Å²) in [5.41, 5.74) is 0. The predicted molar refractivity (Wildman–Crippen MR) is 472 cm³/mol. The topological polar surface area (TPSA) is 237 Å². The van der Waals surface area contributed by atoms with Crippen molar-refractivity contribution < 1.29 is 80.2 Å². The summed E-state index contributed by atoms with van der Waals surface area (Å²) in [6.07, 6.45) is 110. The van der Waals surface area contributed by atoms with E-state index in [1.807, 2.05) is 48.6 Å². The van der Waals surface area contributed by atoms with Crippen LogP contribution in [-0.4, -0.2) is 96.7 Å². The van der Waals surface area contributed by atoms with Gasteiger partial charge in [-0.3, -0.25) is 37.3 Å². The number of ether oxygens (including phenoxy) is 4. The average molecular weight is 1620 g/mol. The average Bonchev–Trinajstić information content (AvgIpc) is 0.899. The van der Waals surface area contributed by atoms with Crippen molar-refractivity contribution in [2.45, 2.75) is 290 Å². The van der Waals surface area contributed by atoms with Crippen molar-refractivity contribution in [3.63, 3.8) is 0 Å². The van der Waals surface area contributed by atoms with E-state index < -0.39 is 97.5 Å². The summed E-state index contributed by atoms with van der Waals surface area (Å²) < 4.78 is 68.5. The van der Waals surface area contributed by atoms with Gasteiger partial charge in [0.15, 0.2) is 12.2 Å². The van der Waals surface area contributed by atoms with Crippen molar-refractivity contribution in [3.8, 4) is 0 Å². The third-order valence-electron chi connectivity index (χ3n) is 16.3. The zero-order valence-electron chi connectivity index (χ0n) is 69.9. The van der Waals surface area contributed by atoms with Gasteiger partial charge in [0, 0.05) is 25.7 Å². The molecule has 0 radical (unpaired) electrons. The van der Waals surface area contributed by atoms with E-state index in [0.29, 0.717) is 44.9 Å². The first kappa shape index (κ1) is 107. The van der Waals surface area contributed by atoms with Gasteiger partial charge in [-0.1, -0.05) is 303 Å². The van der Waals surface area contributed by atoms with E-state index >= 15 is 0 Å². The lowest BCUT2D eigenvalue weighted by molar-refractivity contribution is -0.161. The van der Waals surface area contributed by atoms with Gasteiger partial charge in [-0.2, -0.15) is 0 Å². The van der Waals surface area contributed by atoms with Crippen molar-refractivity contribution in [3.05, 3.63) is 243 Å². The molecule has 2 unspecified atom stereocenters. The van der Waals surface area contributed by atoms with Crippen LogP contribution in [0.1, 0.15) is 272 Å². The van der Waals surface area contributed by atoms with E-state index in [4.69, 9.17) is 37.0 Å². The summed E-state index contributed by atoms with van der Waals surface area (Å²) in [7, 11) is -10.1. The molecule has 5 atom stereocenters. The first-order valence-corrected chi connectivity index (χ1v) is 45.3. The molecule has 114 heavy (non-hydrogen) atoms. The monoisotopic (exact) mass is 1620 g/mol. The number of phosphoric ester groups is 2. The van der Waals surface area contributed by atoms with Crippen LogP contribution in [0.4, 0.5) is 0 Å². The zero-order valence-corrected chi connectivity index (χ0v) is 71.7. The molecule has 0 aromatic rings. The number of allylic oxidation sites excluding steroid dienone is 40. The van der Waals surface area contributed by atoms with Crippen molar-refractivity contribution in [1.29, 1.82) is 0 Å². The van der Waals surface area contributed by atoms with Gasteiger partial charge in [-0.25, -0.2) is 9.13 Å². The normalized spacial score (nSPS) is 15.0. The van der Waals surface area contributed by atoms with Crippen LogP contribution in [-0.2, 0) is 65.4 Å². The van der Waals surface area contributed by atoms with Crippen LogP contribution in [0.25, 0.3) is 0 Å². The maximum Gasteiger partial charge on any atom is 0.472 e. The van der Waals surface area contributed by atoms with Gasteiger partial charge in [-0.15, -0.1) is 0 Å². The summed E-state index contributed by atoms with van der Waals surface area (Å²) >= 11 is 0. The van der Waals surface area contributed by atoms with E-state index in [9.17, 15) is 43.2 Å². The number of rotatable bonds is 76. The molecule has 0 aromatic heterocycles. The summed E-state index contributed by atoms with van der Waals surface area (Å²) in [4.78, 5) is 73.2. The van der Waals surface area contributed by atoms with E-state index in [2.05, 4.69) is 222 Å². The van der Waals surface area contributed by atoms with Crippen LogP contribution >= 0.6 is 15.6 Å². The number of carbonyl (C=O) groups excluding carboxylic acids is 4. The highest BCUT2D eigenvalue weighted by Crippen LogP contribution is 2.45. The zero-order chi connectivity index (χ0) is 83.1. The van der Waals surface area contributed by atoms with Gasteiger partial charge in [-0.05, 0) is 186 Å². The van der Waals surface area contributed by atoms with Crippen molar-refractivity contribution in [2.24, 2.45) is 0 Å². The second-order valence-electron chi connectivity index (χ2n) is 26.9. The van der Waals surface area contributed by atoms with E-state index in [-0.39, 0.29) is 25.7 Å². The van der Waals surface area contributed by atoms with Crippen molar-refractivity contribution in [1.82, 2.24) is 0 Å². The molecule has 3 N–H and O–H groups in total. The van der Waals surface area contributed by atoms with Crippen LogP contribution < -0.4 is 0 Å². The largest absolute Gasteiger partial charge is 0.472 e. The lowest BCUT2D eigenvalue weighted by atomic mass is 10.1. The standard InChI is InChI=1S/C95H146O17P2/c1-5-9-13-17-21-25-29-33-37-41-44-48-52-56-60-64-68-72-76-80-93(98)106-86-91(112-95(100)82-78-74-70-66-62-58-54-50-46-43-39-35-31-27-23-19-15-11-7-3)88-110-114(103,104)108-84-89(96)83-107-113(101,102)109-87-90(85-105-92(97)79-75-71-67-63-59-55-51-47-40-36-32-28-24-20-16-12-8-4)111-94(99)81-77-73-69-65-61-57-53-49-45-42-38-34-30-26-22-18-14-10-6-2/h9,11,13,15,21-28,33-40,44-46,48-51,55-58,60-63,67-69,72-73,89-91,96H,5-8,10,12,14,16-20,29-32,41-43,47,52-54,59,64-66,70-71,74-88H2,1-4H3,(H,101,102)(H,103,104)/b13-9-,15-11-,25-21-,26-22-,27-23-,28-24-,37-33-,38-34-,39-35-,40-36-,48-44-,49-45-,50-46-,55-51-,60-56-,61-57-,62-58-,67-63-,72-68-,73-69-/t89-,90+,91+/m0/s1. The summed E-state index contributed by atoms with van der Waals surface area (Å²) in [6, 6.07) is 0. The smallest absolute Gasteiger partial charge is 0.462 e. The molecular weight excluding hydrogens is 1470 g/mol. The van der Waals surface area contributed by atoms with Crippen LogP contribution in [0.15, 0.2) is 243 Å². The number of phosphoric acid groups is 2. The molecule has 17 nitrogen and oxygen atoms in total. The second kappa shape index (κ2) is 83.8. The minimum Gasteiger partial charge on any atom is -0.462 e. The number of hydrogen-bond acceptors (Lipinski definition) is 15. The molecule has 0 aromatic carbocycles. The first-order valence-electron chi connectivity index (χ1n) is 42.3. The fourth-order valence-electron chi connectivity index (χ4n) is 9.95. The summed E-state index contributed by atoms with van der Waals surface area (Å²) in [5, 5.41) is 10.7. The van der Waals surface area contributed by atoms with E-state index in [1.165, 1.54) is 38.5 Å².